The molecule has 2 rings (SSSR count). The summed E-state index contributed by atoms with van der Waals surface area (Å²) < 4.78 is 0. The van der Waals surface area contributed by atoms with Crippen LogP contribution in [0.3, 0.4) is 0 Å². The van der Waals surface area contributed by atoms with Crippen LogP contribution in [0.15, 0.2) is 24.3 Å². The van der Waals surface area contributed by atoms with Crippen LogP contribution in [0.1, 0.15) is 44.7 Å². The Balaban J connectivity index is 2.27. The Morgan fingerprint density at radius 2 is 1.80 bits per heavy atom. The summed E-state index contributed by atoms with van der Waals surface area (Å²) in [5, 5.41) is 9.72. The monoisotopic (exact) mass is 275 g/mol. The third kappa shape index (κ3) is 2.88. The highest BCUT2D eigenvalue weighted by Crippen LogP contribution is 2.32. The summed E-state index contributed by atoms with van der Waals surface area (Å²) in [4.78, 5) is 13.9. The lowest BCUT2D eigenvalue weighted by molar-refractivity contribution is -0.150. The number of carboxylic acids is 1. The molecule has 0 saturated carbocycles. The number of carboxylic acid groups (broad SMARTS) is 1. The van der Waals surface area contributed by atoms with Crippen LogP contribution in [-0.2, 0) is 16.8 Å². The van der Waals surface area contributed by atoms with Gasteiger partial charge in [-0.25, -0.2) is 4.79 Å². The van der Waals surface area contributed by atoms with E-state index < -0.39 is 11.5 Å². The Labute approximate surface area is 121 Å². The number of carbonyl (C=O) groups is 1. The molecule has 1 aliphatic heterocycles. The Morgan fingerprint density at radius 3 is 2.25 bits per heavy atom. The van der Waals surface area contributed by atoms with Crippen molar-refractivity contribution in [1.82, 2.24) is 4.90 Å². The van der Waals surface area contributed by atoms with E-state index in [-0.39, 0.29) is 0 Å². The summed E-state index contributed by atoms with van der Waals surface area (Å²) in [6.07, 6.45) is 3.22. The van der Waals surface area contributed by atoms with Crippen molar-refractivity contribution in [3.63, 3.8) is 0 Å². The molecule has 0 aliphatic carbocycles. The van der Waals surface area contributed by atoms with Gasteiger partial charge in [-0.05, 0) is 56.3 Å². The lowest BCUT2D eigenvalue weighted by Gasteiger charge is -2.35. The molecule has 1 aromatic carbocycles. The molecule has 0 radical (unpaired) electrons. The lowest BCUT2D eigenvalue weighted by atomic mass is 9.89. The van der Waals surface area contributed by atoms with Gasteiger partial charge in [0.25, 0.3) is 0 Å². The van der Waals surface area contributed by atoms with Crippen molar-refractivity contribution in [2.45, 2.75) is 45.6 Å². The van der Waals surface area contributed by atoms with E-state index in [9.17, 15) is 9.90 Å². The Morgan fingerprint density at radius 1 is 1.25 bits per heavy atom. The SMILES string of the molecule is CC(C)Cc1ccc(C(C)(C(=O)O)N2CCCC2)cc1. The van der Waals surface area contributed by atoms with Gasteiger partial charge >= 0.3 is 5.97 Å². The number of rotatable bonds is 5. The molecule has 0 bridgehead atoms. The average Bonchev–Trinajstić information content (AvgIpc) is 2.92. The molecule has 1 fully saturated rings. The third-order valence-electron chi connectivity index (χ3n) is 4.31. The molecule has 1 N–H and O–H groups in total. The maximum atomic E-state index is 11.8. The van der Waals surface area contributed by atoms with Crippen LogP contribution in [0.4, 0.5) is 0 Å². The molecule has 0 amide bonds. The van der Waals surface area contributed by atoms with Crippen LogP contribution < -0.4 is 0 Å². The molecule has 20 heavy (non-hydrogen) atoms. The maximum absolute atomic E-state index is 11.8. The van der Waals surface area contributed by atoms with E-state index in [4.69, 9.17) is 0 Å². The Bertz CT molecular complexity index is 460. The first-order valence-electron chi connectivity index (χ1n) is 7.52. The zero-order chi connectivity index (χ0) is 14.8. The van der Waals surface area contributed by atoms with Crippen LogP contribution in [0.2, 0.25) is 0 Å². The van der Waals surface area contributed by atoms with Gasteiger partial charge < -0.3 is 5.11 Å². The number of hydrogen-bond acceptors (Lipinski definition) is 2. The quantitative estimate of drug-likeness (QED) is 0.896. The Hall–Kier alpha value is -1.35. The average molecular weight is 275 g/mol. The third-order valence-corrected chi connectivity index (χ3v) is 4.31. The van der Waals surface area contributed by atoms with Crippen molar-refractivity contribution < 1.29 is 9.90 Å². The summed E-state index contributed by atoms with van der Waals surface area (Å²) in [5.41, 5.74) is 1.27. The molecule has 0 spiro atoms. The van der Waals surface area contributed by atoms with Crippen LogP contribution in [0.25, 0.3) is 0 Å². The molecule has 0 aromatic heterocycles. The summed E-state index contributed by atoms with van der Waals surface area (Å²) >= 11 is 0. The second-order valence-corrected chi connectivity index (χ2v) is 6.37. The predicted molar refractivity (Wildman–Crippen MR) is 80.8 cm³/mol. The van der Waals surface area contributed by atoms with Gasteiger partial charge in [-0.1, -0.05) is 38.1 Å². The fraction of sp³-hybridized carbons (Fsp3) is 0.588. The van der Waals surface area contributed by atoms with Crippen LogP contribution in [0.5, 0.6) is 0 Å². The number of hydrogen-bond donors (Lipinski definition) is 1. The van der Waals surface area contributed by atoms with E-state index >= 15 is 0 Å². The van der Waals surface area contributed by atoms with E-state index in [0.29, 0.717) is 5.92 Å². The van der Waals surface area contributed by atoms with Gasteiger partial charge in [-0.15, -0.1) is 0 Å². The van der Waals surface area contributed by atoms with Crippen LogP contribution in [-0.4, -0.2) is 29.1 Å². The molecular formula is C17H25NO2. The van der Waals surface area contributed by atoms with E-state index in [0.717, 1.165) is 37.9 Å². The fourth-order valence-corrected chi connectivity index (χ4v) is 3.04. The van der Waals surface area contributed by atoms with Gasteiger partial charge in [-0.2, -0.15) is 0 Å². The van der Waals surface area contributed by atoms with E-state index in [2.05, 4.69) is 30.9 Å². The van der Waals surface area contributed by atoms with Gasteiger partial charge in [0.15, 0.2) is 0 Å². The standard InChI is InChI=1S/C17H25NO2/c1-13(2)12-14-6-8-15(9-7-14)17(3,16(19)20)18-10-4-5-11-18/h6-9,13H,4-5,10-12H2,1-3H3,(H,19,20). The van der Waals surface area contributed by atoms with E-state index in [1.807, 2.05) is 19.1 Å². The minimum absolute atomic E-state index is 0.616. The minimum Gasteiger partial charge on any atom is -0.480 e. The Kier molecular flexibility index (Phi) is 4.48. The first-order valence-corrected chi connectivity index (χ1v) is 7.52. The molecular weight excluding hydrogens is 250 g/mol. The molecule has 1 aliphatic rings. The van der Waals surface area contributed by atoms with Crippen molar-refractivity contribution in [3.8, 4) is 0 Å². The second-order valence-electron chi connectivity index (χ2n) is 6.37. The van der Waals surface area contributed by atoms with Gasteiger partial charge in [0, 0.05) is 0 Å². The summed E-state index contributed by atoms with van der Waals surface area (Å²) in [7, 11) is 0. The molecule has 110 valence electrons. The van der Waals surface area contributed by atoms with Crippen LogP contribution >= 0.6 is 0 Å². The largest absolute Gasteiger partial charge is 0.480 e. The molecule has 1 unspecified atom stereocenters. The van der Waals surface area contributed by atoms with Gasteiger partial charge in [0.05, 0.1) is 0 Å². The van der Waals surface area contributed by atoms with Crippen molar-refractivity contribution in [3.05, 3.63) is 35.4 Å². The summed E-state index contributed by atoms with van der Waals surface area (Å²) in [6.45, 7) is 7.96. The summed E-state index contributed by atoms with van der Waals surface area (Å²) in [6, 6.07) is 8.13. The van der Waals surface area contributed by atoms with Gasteiger partial charge in [-0.3, -0.25) is 4.90 Å². The maximum Gasteiger partial charge on any atom is 0.328 e. The predicted octanol–water partition coefficient (Wildman–Crippen LogP) is 3.28. The van der Waals surface area contributed by atoms with Crippen LogP contribution in [0, 0.1) is 5.92 Å². The first kappa shape index (κ1) is 15.0. The number of nitrogens with zero attached hydrogens (tertiary/aromatic N) is 1. The van der Waals surface area contributed by atoms with Crippen molar-refractivity contribution in [2.24, 2.45) is 5.92 Å². The lowest BCUT2D eigenvalue weighted by Crippen LogP contribution is -2.48. The zero-order valence-electron chi connectivity index (χ0n) is 12.7. The van der Waals surface area contributed by atoms with E-state index in [1.165, 1.54) is 5.56 Å². The van der Waals surface area contributed by atoms with Crippen molar-refractivity contribution in [1.29, 1.82) is 0 Å². The topological polar surface area (TPSA) is 40.5 Å². The van der Waals surface area contributed by atoms with Gasteiger partial charge in [0.1, 0.15) is 5.54 Å². The number of likely N-dealkylation sites (tertiary alicyclic amines) is 1. The molecule has 3 heteroatoms. The smallest absolute Gasteiger partial charge is 0.328 e. The highest BCUT2D eigenvalue weighted by Gasteiger charge is 2.42. The molecule has 1 heterocycles. The number of benzene rings is 1. The van der Waals surface area contributed by atoms with E-state index in [1.54, 1.807) is 0 Å². The highest BCUT2D eigenvalue weighted by atomic mass is 16.4. The van der Waals surface area contributed by atoms with Crippen molar-refractivity contribution in [2.75, 3.05) is 13.1 Å². The minimum atomic E-state index is -0.896. The number of aliphatic carboxylic acids is 1. The first-order chi connectivity index (χ1) is 9.44. The van der Waals surface area contributed by atoms with Gasteiger partial charge in [0.2, 0.25) is 0 Å². The second kappa shape index (κ2) is 5.96. The molecule has 3 nitrogen and oxygen atoms in total. The zero-order valence-corrected chi connectivity index (χ0v) is 12.7. The highest BCUT2D eigenvalue weighted by molar-refractivity contribution is 5.80. The van der Waals surface area contributed by atoms with Crippen molar-refractivity contribution >= 4 is 5.97 Å². The fourth-order valence-electron chi connectivity index (χ4n) is 3.04. The normalized spacial score (nSPS) is 19.2. The molecule has 1 atom stereocenters. The molecule has 1 saturated heterocycles. The molecule has 1 aromatic rings. The summed E-state index contributed by atoms with van der Waals surface area (Å²) in [5.74, 6) is -0.138.